The van der Waals surface area contributed by atoms with Gasteiger partial charge in [-0.3, -0.25) is 0 Å². The Morgan fingerprint density at radius 1 is 1.24 bits per heavy atom. The van der Waals surface area contributed by atoms with Crippen LogP contribution in [-0.2, 0) is 9.53 Å². The number of methoxy groups -OCH3 is 2. The minimum Gasteiger partial charge on any atom is -0.497 e. The standard InChI is InChI=1S/C16H18N2O3/c1-12(19)8-9-16(10-17,11-18)15(21-3)13-4-6-14(20-2)7-5-13/h4-7,15H,8-9H2,1-3H3. The highest BCUT2D eigenvalue weighted by Gasteiger charge is 2.41. The van der Waals surface area contributed by atoms with Gasteiger partial charge in [0, 0.05) is 13.5 Å². The molecule has 0 saturated heterocycles. The minimum atomic E-state index is -1.39. The Balaban J connectivity index is 3.15. The van der Waals surface area contributed by atoms with Crippen LogP contribution in [0.2, 0.25) is 0 Å². The van der Waals surface area contributed by atoms with Crippen LogP contribution in [0.5, 0.6) is 5.75 Å². The van der Waals surface area contributed by atoms with Gasteiger partial charge < -0.3 is 14.3 Å². The molecular weight excluding hydrogens is 268 g/mol. The maximum absolute atomic E-state index is 11.2. The van der Waals surface area contributed by atoms with Crippen molar-refractivity contribution >= 4 is 5.78 Å². The number of ether oxygens (including phenoxy) is 2. The van der Waals surface area contributed by atoms with E-state index in [1.54, 1.807) is 31.4 Å². The molecule has 0 N–H and O–H groups in total. The number of benzene rings is 1. The zero-order chi connectivity index (χ0) is 15.9. The van der Waals surface area contributed by atoms with E-state index in [-0.39, 0.29) is 18.6 Å². The highest BCUT2D eigenvalue weighted by molar-refractivity contribution is 5.75. The molecule has 0 fully saturated rings. The summed E-state index contributed by atoms with van der Waals surface area (Å²) < 4.78 is 10.5. The molecule has 110 valence electrons. The molecule has 1 rings (SSSR count). The Morgan fingerprint density at radius 3 is 2.19 bits per heavy atom. The van der Waals surface area contributed by atoms with Gasteiger partial charge in [0.2, 0.25) is 0 Å². The van der Waals surface area contributed by atoms with Crippen molar-refractivity contribution in [2.24, 2.45) is 5.41 Å². The molecular formula is C16H18N2O3. The van der Waals surface area contributed by atoms with Crippen molar-refractivity contribution in [2.45, 2.75) is 25.9 Å². The summed E-state index contributed by atoms with van der Waals surface area (Å²) in [7, 11) is 3.01. The molecule has 0 amide bonds. The zero-order valence-electron chi connectivity index (χ0n) is 12.4. The third-order valence-corrected chi connectivity index (χ3v) is 3.37. The lowest BCUT2D eigenvalue weighted by Gasteiger charge is -2.28. The fourth-order valence-electron chi connectivity index (χ4n) is 2.16. The first-order chi connectivity index (χ1) is 10.0. The van der Waals surface area contributed by atoms with E-state index in [2.05, 4.69) is 0 Å². The van der Waals surface area contributed by atoms with Gasteiger partial charge >= 0.3 is 0 Å². The van der Waals surface area contributed by atoms with Gasteiger partial charge in [0.05, 0.1) is 19.2 Å². The highest BCUT2D eigenvalue weighted by Crippen LogP contribution is 2.40. The van der Waals surface area contributed by atoms with Crippen LogP contribution in [0.3, 0.4) is 0 Å². The summed E-state index contributed by atoms with van der Waals surface area (Å²) in [6, 6.07) is 11.1. The lowest BCUT2D eigenvalue weighted by atomic mass is 9.77. The number of nitrogens with zero attached hydrogens (tertiary/aromatic N) is 2. The molecule has 0 aliphatic heterocycles. The molecule has 1 aromatic carbocycles. The van der Waals surface area contributed by atoms with Crippen molar-refractivity contribution in [3.63, 3.8) is 0 Å². The molecule has 0 saturated carbocycles. The number of nitriles is 2. The van der Waals surface area contributed by atoms with Crippen LogP contribution in [0.25, 0.3) is 0 Å². The van der Waals surface area contributed by atoms with Crippen molar-refractivity contribution in [3.8, 4) is 17.9 Å². The van der Waals surface area contributed by atoms with Crippen LogP contribution in [0, 0.1) is 28.1 Å². The first-order valence-corrected chi connectivity index (χ1v) is 6.51. The molecule has 5 nitrogen and oxygen atoms in total. The van der Waals surface area contributed by atoms with Crippen LogP contribution < -0.4 is 4.74 Å². The van der Waals surface area contributed by atoms with Crippen molar-refractivity contribution in [1.82, 2.24) is 0 Å². The SMILES string of the molecule is COc1ccc(C(OC)C(C#N)(C#N)CCC(C)=O)cc1. The summed E-state index contributed by atoms with van der Waals surface area (Å²) in [6.07, 6.45) is -0.422. The highest BCUT2D eigenvalue weighted by atomic mass is 16.5. The predicted molar refractivity (Wildman–Crippen MR) is 76.3 cm³/mol. The first kappa shape index (κ1) is 16.7. The van der Waals surface area contributed by atoms with E-state index in [1.165, 1.54) is 14.0 Å². The van der Waals surface area contributed by atoms with Crippen LogP contribution in [-0.4, -0.2) is 20.0 Å². The number of carbonyl (C=O) groups is 1. The second-order valence-corrected chi connectivity index (χ2v) is 4.79. The minimum absolute atomic E-state index is 0.0607. The van der Waals surface area contributed by atoms with Gasteiger partial charge in [-0.1, -0.05) is 12.1 Å². The third-order valence-electron chi connectivity index (χ3n) is 3.37. The zero-order valence-corrected chi connectivity index (χ0v) is 12.4. The van der Waals surface area contributed by atoms with Crippen LogP contribution in [0.15, 0.2) is 24.3 Å². The predicted octanol–water partition coefficient (Wildman–Crippen LogP) is 2.79. The van der Waals surface area contributed by atoms with Crippen LogP contribution >= 0.6 is 0 Å². The molecule has 0 radical (unpaired) electrons. The Labute approximate surface area is 124 Å². The summed E-state index contributed by atoms with van der Waals surface area (Å²) >= 11 is 0. The molecule has 0 heterocycles. The molecule has 0 aliphatic rings. The smallest absolute Gasteiger partial charge is 0.174 e. The lowest BCUT2D eigenvalue weighted by Crippen LogP contribution is -2.28. The van der Waals surface area contributed by atoms with Gasteiger partial charge in [-0.05, 0) is 31.0 Å². The van der Waals surface area contributed by atoms with Crippen molar-refractivity contribution < 1.29 is 14.3 Å². The Morgan fingerprint density at radius 2 is 1.81 bits per heavy atom. The summed E-state index contributed by atoms with van der Waals surface area (Å²) in [5.41, 5.74) is -0.695. The Bertz CT molecular complexity index is 553. The van der Waals surface area contributed by atoms with Gasteiger partial charge in [-0.25, -0.2) is 0 Å². The average Bonchev–Trinajstić information content (AvgIpc) is 2.52. The molecule has 0 aromatic heterocycles. The maximum atomic E-state index is 11.2. The molecule has 21 heavy (non-hydrogen) atoms. The third kappa shape index (κ3) is 3.81. The summed E-state index contributed by atoms with van der Waals surface area (Å²) in [5.74, 6) is 0.617. The number of ketones is 1. The Kier molecular flexibility index (Phi) is 5.90. The lowest BCUT2D eigenvalue weighted by molar-refractivity contribution is -0.117. The van der Waals surface area contributed by atoms with E-state index in [9.17, 15) is 15.3 Å². The van der Waals surface area contributed by atoms with E-state index in [0.29, 0.717) is 11.3 Å². The van der Waals surface area contributed by atoms with E-state index in [1.807, 2.05) is 12.1 Å². The van der Waals surface area contributed by atoms with E-state index >= 15 is 0 Å². The van der Waals surface area contributed by atoms with Gasteiger partial charge in [-0.2, -0.15) is 10.5 Å². The van der Waals surface area contributed by atoms with Gasteiger partial charge in [0.15, 0.2) is 5.41 Å². The van der Waals surface area contributed by atoms with E-state index in [4.69, 9.17) is 9.47 Å². The number of Topliss-reactive ketones (excluding diaryl/α,β-unsaturated/α-hetero) is 1. The largest absolute Gasteiger partial charge is 0.497 e. The molecule has 0 aliphatic carbocycles. The normalized spacial score (nSPS) is 12.0. The average molecular weight is 286 g/mol. The second-order valence-electron chi connectivity index (χ2n) is 4.79. The molecule has 5 heteroatoms. The van der Waals surface area contributed by atoms with Gasteiger partial charge in [0.25, 0.3) is 0 Å². The fourth-order valence-corrected chi connectivity index (χ4v) is 2.16. The number of rotatable bonds is 7. The number of hydrogen-bond acceptors (Lipinski definition) is 5. The second kappa shape index (κ2) is 7.42. The van der Waals surface area contributed by atoms with Gasteiger partial charge in [-0.15, -0.1) is 0 Å². The monoisotopic (exact) mass is 286 g/mol. The molecule has 1 aromatic rings. The van der Waals surface area contributed by atoms with E-state index in [0.717, 1.165) is 0 Å². The van der Waals surface area contributed by atoms with Crippen molar-refractivity contribution in [3.05, 3.63) is 29.8 Å². The molecule has 1 atom stereocenters. The fraction of sp³-hybridized carbons (Fsp3) is 0.438. The first-order valence-electron chi connectivity index (χ1n) is 6.51. The van der Waals surface area contributed by atoms with Crippen LogP contribution in [0.1, 0.15) is 31.4 Å². The van der Waals surface area contributed by atoms with E-state index < -0.39 is 11.5 Å². The molecule has 0 spiro atoms. The van der Waals surface area contributed by atoms with Crippen LogP contribution in [0.4, 0.5) is 0 Å². The summed E-state index contributed by atoms with van der Waals surface area (Å²) in [5, 5.41) is 18.9. The van der Waals surface area contributed by atoms with Gasteiger partial charge in [0.1, 0.15) is 17.6 Å². The molecule has 0 bridgehead atoms. The Hall–Kier alpha value is -2.37. The van der Waals surface area contributed by atoms with Crippen molar-refractivity contribution in [2.75, 3.05) is 14.2 Å². The number of carbonyl (C=O) groups excluding carboxylic acids is 1. The van der Waals surface area contributed by atoms with Crippen molar-refractivity contribution in [1.29, 1.82) is 10.5 Å². The maximum Gasteiger partial charge on any atom is 0.174 e. The summed E-state index contributed by atoms with van der Waals surface area (Å²) in [4.78, 5) is 11.2. The number of hydrogen-bond donors (Lipinski definition) is 0. The topological polar surface area (TPSA) is 83.1 Å². The quantitative estimate of drug-likeness (QED) is 0.769. The summed E-state index contributed by atoms with van der Waals surface area (Å²) in [6.45, 7) is 1.44. The molecule has 1 unspecified atom stereocenters.